The van der Waals surface area contributed by atoms with E-state index in [-0.39, 0.29) is 11.1 Å². The molecule has 0 unspecified atom stereocenters. The van der Waals surface area contributed by atoms with Gasteiger partial charge in [0.15, 0.2) is 0 Å². The molecule has 3 aromatic rings. The summed E-state index contributed by atoms with van der Waals surface area (Å²) in [5.41, 5.74) is -4.88. The Kier molecular flexibility index (Phi) is 7.08. The zero-order valence-electron chi connectivity index (χ0n) is 17.4. The summed E-state index contributed by atoms with van der Waals surface area (Å²) >= 11 is 5.72. The zero-order valence-corrected chi connectivity index (χ0v) is 19.0. The maximum Gasteiger partial charge on any atom is 0.418 e. The van der Waals surface area contributed by atoms with E-state index in [1.54, 1.807) is 6.07 Å². The van der Waals surface area contributed by atoms with Crippen molar-refractivity contribution in [3.05, 3.63) is 70.0 Å². The molecule has 0 aliphatic rings. The summed E-state index contributed by atoms with van der Waals surface area (Å²) in [5.74, 6) is -1.22. The molecule has 0 fully saturated rings. The highest BCUT2D eigenvalue weighted by molar-refractivity contribution is 7.89. The van der Waals surface area contributed by atoms with E-state index in [9.17, 15) is 39.6 Å². The third-order valence-corrected chi connectivity index (χ3v) is 6.07. The maximum atomic E-state index is 13.8. The molecule has 0 radical (unpaired) electrons. The van der Waals surface area contributed by atoms with Crippen molar-refractivity contribution >= 4 is 33.2 Å². The first-order valence-electron chi connectivity index (χ1n) is 9.40. The number of nitrogens with two attached hydrogens (primary N) is 1. The van der Waals surface area contributed by atoms with Gasteiger partial charge in [-0.1, -0.05) is 23.7 Å². The van der Waals surface area contributed by atoms with Gasteiger partial charge in [0.2, 0.25) is 15.9 Å². The van der Waals surface area contributed by atoms with Crippen LogP contribution in [0.4, 0.5) is 32.0 Å². The molecule has 3 rings (SSSR count). The lowest BCUT2D eigenvalue weighted by Crippen LogP contribution is -2.22. The highest BCUT2D eigenvalue weighted by atomic mass is 35.5. The molecule has 3 N–H and O–H groups in total. The summed E-state index contributed by atoms with van der Waals surface area (Å²) < 4.78 is 106. The first-order chi connectivity index (χ1) is 16.5. The zero-order chi connectivity index (χ0) is 27.1. The van der Waals surface area contributed by atoms with Crippen LogP contribution >= 0.6 is 11.6 Å². The van der Waals surface area contributed by atoms with Crippen molar-refractivity contribution in [1.82, 2.24) is 9.78 Å². The molecule has 2 aromatic carbocycles. The number of halogens is 7. The molecule has 0 saturated carbocycles. The number of nitriles is 1. The van der Waals surface area contributed by atoms with E-state index in [0.29, 0.717) is 22.9 Å². The third kappa shape index (κ3) is 5.78. The number of sulfonamides is 1. The lowest BCUT2D eigenvalue weighted by Gasteiger charge is -2.18. The van der Waals surface area contributed by atoms with Crippen molar-refractivity contribution < 1.29 is 39.6 Å². The minimum absolute atomic E-state index is 0.0979. The van der Waals surface area contributed by atoms with E-state index in [1.165, 1.54) is 0 Å². The van der Waals surface area contributed by atoms with Crippen molar-refractivity contribution in [3.63, 3.8) is 0 Å². The number of carbonyl (C=O) groups excluding carboxylic acids is 1. The van der Waals surface area contributed by atoms with Crippen LogP contribution in [-0.4, -0.2) is 24.1 Å². The fourth-order valence-corrected chi connectivity index (χ4v) is 4.15. The van der Waals surface area contributed by atoms with Gasteiger partial charge in [0.25, 0.3) is 0 Å². The minimum atomic E-state index is -5.13. The summed E-state index contributed by atoms with van der Waals surface area (Å²) in [6, 6.07) is 5.16. The van der Waals surface area contributed by atoms with Crippen molar-refractivity contribution in [2.24, 2.45) is 5.14 Å². The molecule has 0 saturated heterocycles. The quantitative estimate of drug-likeness (QED) is 0.457. The minimum Gasteiger partial charge on any atom is -0.325 e. The number of anilines is 1. The smallest absolute Gasteiger partial charge is 0.325 e. The molecule has 1 amide bonds. The molecular weight excluding hydrogens is 540 g/mol. The number of amides is 1. The van der Waals surface area contributed by atoms with Crippen molar-refractivity contribution in [1.29, 1.82) is 5.26 Å². The average molecular weight is 552 g/mol. The molecule has 36 heavy (non-hydrogen) atoms. The predicted molar refractivity (Wildman–Crippen MR) is 113 cm³/mol. The second-order valence-electron chi connectivity index (χ2n) is 7.20. The van der Waals surface area contributed by atoms with E-state index in [4.69, 9.17) is 22.0 Å². The second-order valence-corrected chi connectivity index (χ2v) is 9.10. The monoisotopic (exact) mass is 551 g/mol. The highest BCUT2D eigenvalue weighted by Crippen LogP contribution is 2.39. The summed E-state index contributed by atoms with van der Waals surface area (Å²) in [4.78, 5) is 11.6. The molecule has 0 spiro atoms. The predicted octanol–water partition coefficient (Wildman–Crippen LogP) is 4.26. The SMILES string of the molecule is N#Cc1cnn(-c2cc(C(F)(F)F)c(NC(=O)Cc3cccc(C(F)(F)F)c3Cl)cc2S(N)(=O)=O)c1. The average Bonchev–Trinajstić information content (AvgIpc) is 3.22. The Hall–Kier alpha value is -3.61. The Morgan fingerprint density at radius 2 is 1.78 bits per heavy atom. The molecule has 0 bridgehead atoms. The largest absolute Gasteiger partial charge is 0.418 e. The number of rotatable bonds is 5. The van der Waals surface area contributed by atoms with Crippen LogP contribution in [0.25, 0.3) is 5.69 Å². The van der Waals surface area contributed by atoms with Gasteiger partial charge in [0, 0.05) is 6.20 Å². The number of alkyl halides is 6. The number of benzene rings is 2. The van der Waals surface area contributed by atoms with Gasteiger partial charge in [-0.15, -0.1) is 0 Å². The van der Waals surface area contributed by atoms with Gasteiger partial charge in [-0.25, -0.2) is 18.2 Å². The van der Waals surface area contributed by atoms with Crippen LogP contribution in [0.2, 0.25) is 5.02 Å². The molecule has 0 atom stereocenters. The summed E-state index contributed by atoms with van der Waals surface area (Å²) in [7, 11) is -4.70. The number of nitrogens with zero attached hydrogens (tertiary/aromatic N) is 3. The van der Waals surface area contributed by atoms with E-state index < -0.39 is 67.1 Å². The van der Waals surface area contributed by atoms with E-state index >= 15 is 0 Å². The number of hydrogen-bond acceptors (Lipinski definition) is 5. The number of carbonyl (C=O) groups is 1. The molecule has 190 valence electrons. The summed E-state index contributed by atoms with van der Waals surface area (Å²) in [6.45, 7) is 0. The van der Waals surface area contributed by atoms with Gasteiger partial charge in [-0.05, 0) is 23.8 Å². The van der Waals surface area contributed by atoms with Crippen LogP contribution in [-0.2, 0) is 33.6 Å². The van der Waals surface area contributed by atoms with Crippen LogP contribution in [0.3, 0.4) is 0 Å². The van der Waals surface area contributed by atoms with Gasteiger partial charge < -0.3 is 5.32 Å². The number of nitrogens with one attached hydrogen (secondary N) is 1. The Balaban J connectivity index is 2.09. The fourth-order valence-electron chi connectivity index (χ4n) is 3.13. The molecule has 16 heteroatoms. The molecule has 1 aromatic heterocycles. The van der Waals surface area contributed by atoms with Crippen molar-refractivity contribution in [3.8, 4) is 11.8 Å². The Morgan fingerprint density at radius 1 is 1.14 bits per heavy atom. The maximum absolute atomic E-state index is 13.8. The van der Waals surface area contributed by atoms with Crippen molar-refractivity contribution in [2.45, 2.75) is 23.7 Å². The van der Waals surface area contributed by atoms with E-state index in [2.05, 4.69) is 5.10 Å². The Labute approximate surface area is 203 Å². The number of primary sulfonamides is 1. The lowest BCUT2D eigenvalue weighted by atomic mass is 10.1. The first-order valence-corrected chi connectivity index (χ1v) is 11.3. The lowest BCUT2D eigenvalue weighted by molar-refractivity contribution is -0.138. The Bertz CT molecular complexity index is 1490. The number of aromatic nitrogens is 2. The normalized spacial score (nSPS) is 12.3. The van der Waals surface area contributed by atoms with Crippen LogP contribution in [0, 0.1) is 11.3 Å². The highest BCUT2D eigenvalue weighted by Gasteiger charge is 2.37. The van der Waals surface area contributed by atoms with Crippen LogP contribution in [0.5, 0.6) is 0 Å². The van der Waals surface area contributed by atoms with Gasteiger partial charge in [0.05, 0.1) is 45.7 Å². The van der Waals surface area contributed by atoms with E-state index in [1.807, 2.05) is 5.32 Å². The van der Waals surface area contributed by atoms with Crippen LogP contribution < -0.4 is 10.5 Å². The van der Waals surface area contributed by atoms with Gasteiger partial charge in [0.1, 0.15) is 11.0 Å². The summed E-state index contributed by atoms with van der Waals surface area (Å²) in [6.07, 6.45) is -8.91. The van der Waals surface area contributed by atoms with Gasteiger partial charge >= 0.3 is 12.4 Å². The Morgan fingerprint density at radius 3 is 2.31 bits per heavy atom. The molecule has 1 heterocycles. The molecule has 0 aliphatic heterocycles. The number of hydrogen-bond donors (Lipinski definition) is 2. The van der Waals surface area contributed by atoms with E-state index in [0.717, 1.165) is 24.5 Å². The standard InChI is InChI=1S/C20H12ClF6N5O3S/c21-18-11(2-1-3-12(18)19(22,23)24)4-17(33)31-14-6-16(36(29,34)35)15(5-13(14)20(25,26)27)32-9-10(7-28)8-30-32/h1-3,5-6,8-9H,4H2,(H,31,33)(H2,29,34,35). The third-order valence-electron chi connectivity index (χ3n) is 4.68. The van der Waals surface area contributed by atoms with Crippen LogP contribution in [0.15, 0.2) is 47.6 Å². The second kappa shape index (κ2) is 9.45. The van der Waals surface area contributed by atoms with Gasteiger partial charge in [-0.2, -0.15) is 36.7 Å². The molecular formula is C20H12ClF6N5O3S. The molecule has 0 aliphatic carbocycles. The fraction of sp³-hybridized carbons (Fsp3) is 0.150. The molecule has 8 nitrogen and oxygen atoms in total. The first kappa shape index (κ1) is 27.0. The van der Waals surface area contributed by atoms with Crippen LogP contribution in [0.1, 0.15) is 22.3 Å². The van der Waals surface area contributed by atoms with Gasteiger partial charge in [-0.3, -0.25) is 4.79 Å². The van der Waals surface area contributed by atoms with Crippen molar-refractivity contribution in [2.75, 3.05) is 5.32 Å². The summed E-state index contributed by atoms with van der Waals surface area (Å²) in [5, 5.41) is 18.7. The topological polar surface area (TPSA) is 131 Å².